The standard InChI is InChI=1S/C16H22N2/c1-5-18(6-2)16-15-11-14(12(3)4)8-7-13(15)9-10-17-16/h7-12H,5-6H2,1-4H3. The summed E-state index contributed by atoms with van der Waals surface area (Å²) in [4.78, 5) is 6.89. The van der Waals surface area contributed by atoms with Crippen molar-refractivity contribution in [1.29, 1.82) is 0 Å². The Morgan fingerprint density at radius 1 is 1.11 bits per heavy atom. The van der Waals surface area contributed by atoms with Gasteiger partial charge in [-0.05, 0) is 42.8 Å². The Morgan fingerprint density at radius 2 is 1.83 bits per heavy atom. The van der Waals surface area contributed by atoms with Crippen LogP contribution in [-0.4, -0.2) is 18.1 Å². The Balaban J connectivity index is 2.61. The van der Waals surface area contributed by atoms with Gasteiger partial charge in [0.15, 0.2) is 0 Å². The van der Waals surface area contributed by atoms with Crippen LogP contribution >= 0.6 is 0 Å². The van der Waals surface area contributed by atoms with Crippen LogP contribution in [0.4, 0.5) is 5.82 Å². The van der Waals surface area contributed by atoms with Crippen molar-refractivity contribution >= 4 is 16.6 Å². The van der Waals surface area contributed by atoms with Gasteiger partial charge in [-0.15, -0.1) is 0 Å². The van der Waals surface area contributed by atoms with Crippen LogP contribution in [0.1, 0.15) is 39.2 Å². The quantitative estimate of drug-likeness (QED) is 0.798. The van der Waals surface area contributed by atoms with Gasteiger partial charge in [-0.25, -0.2) is 4.98 Å². The van der Waals surface area contributed by atoms with Crippen molar-refractivity contribution in [2.45, 2.75) is 33.6 Å². The lowest BCUT2D eigenvalue weighted by molar-refractivity contribution is 0.849. The fourth-order valence-electron chi connectivity index (χ4n) is 2.30. The summed E-state index contributed by atoms with van der Waals surface area (Å²) >= 11 is 0. The van der Waals surface area contributed by atoms with E-state index >= 15 is 0 Å². The number of nitrogens with zero attached hydrogens (tertiary/aromatic N) is 2. The minimum atomic E-state index is 0.555. The Hall–Kier alpha value is -1.57. The van der Waals surface area contributed by atoms with E-state index in [1.54, 1.807) is 0 Å². The third-order valence-corrected chi connectivity index (χ3v) is 3.50. The monoisotopic (exact) mass is 242 g/mol. The van der Waals surface area contributed by atoms with E-state index < -0.39 is 0 Å². The Bertz CT molecular complexity index is 528. The van der Waals surface area contributed by atoms with E-state index in [9.17, 15) is 0 Å². The van der Waals surface area contributed by atoms with Crippen LogP contribution in [0.2, 0.25) is 0 Å². The van der Waals surface area contributed by atoms with Gasteiger partial charge in [-0.3, -0.25) is 0 Å². The molecule has 1 heterocycles. The van der Waals surface area contributed by atoms with Crippen molar-refractivity contribution < 1.29 is 0 Å². The van der Waals surface area contributed by atoms with E-state index in [1.165, 1.54) is 16.3 Å². The second kappa shape index (κ2) is 5.38. The number of rotatable bonds is 4. The van der Waals surface area contributed by atoms with Crippen LogP contribution in [0.5, 0.6) is 0 Å². The molecule has 18 heavy (non-hydrogen) atoms. The number of aromatic nitrogens is 1. The highest BCUT2D eigenvalue weighted by Gasteiger charge is 2.09. The van der Waals surface area contributed by atoms with Gasteiger partial charge in [0.05, 0.1) is 0 Å². The van der Waals surface area contributed by atoms with Crippen LogP contribution in [0.15, 0.2) is 30.5 Å². The lowest BCUT2D eigenvalue weighted by Gasteiger charge is -2.22. The lowest BCUT2D eigenvalue weighted by atomic mass is 10.00. The van der Waals surface area contributed by atoms with Crippen LogP contribution in [0, 0.1) is 0 Å². The van der Waals surface area contributed by atoms with Gasteiger partial charge < -0.3 is 4.90 Å². The van der Waals surface area contributed by atoms with Gasteiger partial charge in [0.2, 0.25) is 0 Å². The number of hydrogen-bond acceptors (Lipinski definition) is 2. The molecule has 0 bridgehead atoms. The van der Waals surface area contributed by atoms with Crippen LogP contribution in [0.3, 0.4) is 0 Å². The first-order valence-corrected chi connectivity index (χ1v) is 6.81. The van der Waals surface area contributed by atoms with E-state index in [1.807, 2.05) is 6.20 Å². The number of hydrogen-bond donors (Lipinski definition) is 0. The third kappa shape index (κ3) is 2.33. The van der Waals surface area contributed by atoms with E-state index in [-0.39, 0.29) is 0 Å². The Morgan fingerprint density at radius 3 is 2.44 bits per heavy atom. The van der Waals surface area contributed by atoms with Crippen molar-refractivity contribution in [3.05, 3.63) is 36.0 Å². The molecule has 0 radical (unpaired) electrons. The molecule has 0 N–H and O–H groups in total. The number of fused-ring (bicyclic) bond motifs is 1. The van der Waals surface area contributed by atoms with Crippen LogP contribution in [-0.2, 0) is 0 Å². The minimum absolute atomic E-state index is 0.555. The highest BCUT2D eigenvalue weighted by atomic mass is 15.2. The van der Waals surface area contributed by atoms with Crippen molar-refractivity contribution in [3.63, 3.8) is 0 Å². The van der Waals surface area contributed by atoms with Gasteiger partial charge >= 0.3 is 0 Å². The van der Waals surface area contributed by atoms with E-state index in [2.05, 4.69) is 61.8 Å². The SMILES string of the molecule is CCN(CC)c1nccc2ccc(C(C)C)cc12. The molecule has 0 saturated heterocycles. The summed E-state index contributed by atoms with van der Waals surface area (Å²) in [5.41, 5.74) is 1.38. The smallest absolute Gasteiger partial charge is 0.136 e. The maximum Gasteiger partial charge on any atom is 0.136 e. The second-order valence-corrected chi connectivity index (χ2v) is 4.94. The first kappa shape index (κ1) is 12.9. The fraction of sp³-hybridized carbons (Fsp3) is 0.438. The molecule has 0 saturated carbocycles. The van der Waals surface area contributed by atoms with Crippen molar-refractivity contribution in [1.82, 2.24) is 4.98 Å². The summed E-state index contributed by atoms with van der Waals surface area (Å²) in [6.45, 7) is 10.8. The topological polar surface area (TPSA) is 16.1 Å². The number of pyridine rings is 1. The predicted octanol–water partition coefficient (Wildman–Crippen LogP) is 4.20. The maximum absolute atomic E-state index is 4.58. The highest BCUT2D eigenvalue weighted by molar-refractivity contribution is 5.92. The molecule has 2 aromatic rings. The molecular formula is C16H22N2. The molecule has 2 rings (SSSR count). The van der Waals surface area contributed by atoms with Crippen molar-refractivity contribution in [2.75, 3.05) is 18.0 Å². The molecule has 2 nitrogen and oxygen atoms in total. The van der Waals surface area contributed by atoms with Gasteiger partial charge in [0, 0.05) is 24.7 Å². The predicted molar refractivity (Wildman–Crippen MR) is 79.4 cm³/mol. The summed E-state index contributed by atoms with van der Waals surface area (Å²) in [5, 5.41) is 2.55. The summed E-state index contributed by atoms with van der Waals surface area (Å²) in [5.74, 6) is 1.67. The molecule has 1 aromatic heterocycles. The lowest BCUT2D eigenvalue weighted by Crippen LogP contribution is -2.23. The molecular weight excluding hydrogens is 220 g/mol. The Kier molecular flexibility index (Phi) is 3.85. The highest BCUT2D eigenvalue weighted by Crippen LogP contribution is 2.27. The average Bonchev–Trinajstić information content (AvgIpc) is 2.39. The molecule has 0 fully saturated rings. The van der Waals surface area contributed by atoms with E-state index in [0.717, 1.165) is 18.9 Å². The second-order valence-electron chi connectivity index (χ2n) is 4.94. The zero-order valence-corrected chi connectivity index (χ0v) is 11.8. The van der Waals surface area contributed by atoms with Gasteiger partial charge in [-0.1, -0.05) is 26.0 Å². The first-order valence-electron chi connectivity index (χ1n) is 6.81. The molecule has 0 aliphatic heterocycles. The molecule has 1 aromatic carbocycles. The fourth-order valence-corrected chi connectivity index (χ4v) is 2.30. The third-order valence-electron chi connectivity index (χ3n) is 3.50. The van der Waals surface area contributed by atoms with E-state index in [0.29, 0.717) is 5.92 Å². The largest absolute Gasteiger partial charge is 0.357 e. The van der Waals surface area contributed by atoms with Crippen molar-refractivity contribution in [3.8, 4) is 0 Å². The first-order chi connectivity index (χ1) is 8.67. The molecule has 0 spiro atoms. The van der Waals surface area contributed by atoms with Gasteiger partial charge in [-0.2, -0.15) is 0 Å². The maximum atomic E-state index is 4.58. The minimum Gasteiger partial charge on any atom is -0.357 e. The Labute approximate surface area is 110 Å². The van der Waals surface area contributed by atoms with Gasteiger partial charge in [0.25, 0.3) is 0 Å². The average molecular weight is 242 g/mol. The molecule has 0 unspecified atom stereocenters. The molecule has 0 aliphatic rings. The van der Waals surface area contributed by atoms with E-state index in [4.69, 9.17) is 0 Å². The molecule has 2 heteroatoms. The number of anilines is 1. The number of benzene rings is 1. The molecule has 96 valence electrons. The van der Waals surface area contributed by atoms with Crippen molar-refractivity contribution in [2.24, 2.45) is 0 Å². The van der Waals surface area contributed by atoms with Crippen LogP contribution in [0.25, 0.3) is 10.8 Å². The summed E-state index contributed by atoms with van der Waals surface area (Å²) < 4.78 is 0. The van der Waals surface area contributed by atoms with Gasteiger partial charge in [0.1, 0.15) is 5.82 Å². The molecule has 0 atom stereocenters. The normalized spacial score (nSPS) is 11.2. The van der Waals surface area contributed by atoms with Crippen LogP contribution < -0.4 is 4.90 Å². The summed E-state index contributed by atoms with van der Waals surface area (Å²) in [6.07, 6.45) is 1.91. The summed E-state index contributed by atoms with van der Waals surface area (Å²) in [7, 11) is 0. The zero-order chi connectivity index (χ0) is 13.1. The molecule has 0 aliphatic carbocycles. The summed E-state index contributed by atoms with van der Waals surface area (Å²) in [6, 6.07) is 8.81. The molecule has 0 amide bonds. The zero-order valence-electron chi connectivity index (χ0n) is 11.8.